The normalized spacial score (nSPS) is 17.0. The molecule has 0 spiro atoms. The Hall–Kier alpha value is -3.00. The molecule has 2 heteroatoms. The van der Waals surface area contributed by atoms with E-state index in [2.05, 4.69) is 94.5 Å². The predicted molar refractivity (Wildman–Crippen MR) is 128 cm³/mol. The molecule has 0 amide bonds. The Morgan fingerprint density at radius 3 is 2.30 bits per heavy atom. The monoisotopic (exact) mass is 400 g/mol. The Morgan fingerprint density at radius 2 is 1.63 bits per heavy atom. The SMILES string of the molecule is COC1=C(c2cc(C)c(OC)c(C=Cc3ccc(C)cc3)c2)C=CC(C)=CCC1C. The van der Waals surface area contributed by atoms with Crippen LogP contribution in [0.15, 0.2) is 66.0 Å². The summed E-state index contributed by atoms with van der Waals surface area (Å²) in [4.78, 5) is 0. The topological polar surface area (TPSA) is 18.5 Å². The smallest absolute Gasteiger partial charge is 0.129 e. The summed E-state index contributed by atoms with van der Waals surface area (Å²) in [6.45, 7) is 8.56. The van der Waals surface area contributed by atoms with E-state index in [1.165, 1.54) is 16.7 Å². The number of benzene rings is 2. The fourth-order valence-electron chi connectivity index (χ4n) is 3.87. The van der Waals surface area contributed by atoms with Crippen LogP contribution in [0.1, 0.15) is 48.1 Å². The summed E-state index contributed by atoms with van der Waals surface area (Å²) in [5, 5.41) is 0. The lowest BCUT2D eigenvalue weighted by Gasteiger charge is -2.21. The number of hydrogen-bond donors (Lipinski definition) is 0. The van der Waals surface area contributed by atoms with Crippen LogP contribution in [-0.4, -0.2) is 14.2 Å². The zero-order valence-corrected chi connectivity index (χ0v) is 19.0. The van der Waals surface area contributed by atoms with Crippen molar-refractivity contribution in [3.8, 4) is 5.75 Å². The van der Waals surface area contributed by atoms with Crippen molar-refractivity contribution in [2.75, 3.05) is 14.2 Å². The Kier molecular flexibility index (Phi) is 6.99. The number of methoxy groups -OCH3 is 2. The second kappa shape index (κ2) is 9.67. The van der Waals surface area contributed by atoms with Crippen molar-refractivity contribution in [1.82, 2.24) is 0 Å². The molecule has 1 unspecified atom stereocenters. The molecule has 3 rings (SSSR count). The minimum atomic E-state index is 0.318. The van der Waals surface area contributed by atoms with Crippen molar-refractivity contribution in [2.45, 2.75) is 34.1 Å². The molecular formula is C28H32O2. The van der Waals surface area contributed by atoms with Crippen LogP contribution >= 0.6 is 0 Å². The summed E-state index contributed by atoms with van der Waals surface area (Å²) in [7, 11) is 3.50. The van der Waals surface area contributed by atoms with Crippen LogP contribution in [0.25, 0.3) is 17.7 Å². The standard InChI is InChI=1S/C28H32O2/c1-19-7-11-21(3)28(30-6)26(16-10-19)25-17-22(4)27(29-5)24(18-25)15-14-23-12-8-20(2)9-13-23/h7-10,12-18,21H,11H2,1-6H3. The lowest BCUT2D eigenvalue weighted by molar-refractivity contribution is 0.250. The number of ether oxygens (including phenoxy) is 2. The number of rotatable bonds is 5. The Balaban J connectivity index is 2.11. The van der Waals surface area contributed by atoms with E-state index in [0.717, 1.165) is 40.2 Å². The lowest BCUT2D eigenvalue weighted by atomic mass is 9.91. The van der Waals surface area contributed by atoms with Gasteiger partial charge in [-0.1, -0.05) is 72.7 Å². The van der Waals surface area contributed by atoms with Gasteiger partial charge in [0.25, 0.3) is 0 Å². The first-order chi connectivity index (χ1) is 14.4. The Morgan fingerprint density at radius 1 is 0.900 bits per heavy atom. The van der Waals surface area contributed by atoms with E-state index in [0.29, 0.717) is 5.92 Å². The van der Waals surface area contributed by atoms with Gasteiger partial charge in [0.05, 0.1) is 14.2 Å². The molecule has 0 N–H and O–H groups in total. The van der Waals surface area contributed by atoms with Gasteiger partial charge >= 0.3 is 0 Å². The van der Waals surface area contributed by atoms with Crippen LogP contribution in [0, 0.1) is 19.8 Å². The second-order valence-corrected chi connectivity index (χ2v) is 8.06. The quantitative estimate of drug-likeness (QED) is 0.487. The molecule has 0 radical (unpaired) electrons. The molecule has 0 saturated carbocycles. The maximum atomic E-state index is 5.87. The van der Waals surface area contributed by atoms with E-state index in [1.54, 1.807) is 14.2 Å². The van der Waals surface area contributed by atoms with Gasteiger partial charge in [-0.05, 0) is 56.0 Å². The molecular weight excluding hydrogens is 368 g/mol. The summed E-state index contributed by atoms with van der Waals surface area (Å²) < 4.78 is 11.6. The zero-order chi connectivity index (χ0) is 21.7. The van der Waals surface area contributed by atoms with Crippen molar-refractivity contribution in [1.29, 1.82) is 0 Å². The average Bonchev–Trinajstić information content (AvgIpc) is 2.73. The lowest BCUT2D eigenvalue weighted by Crippen LogP contribution is -2.06. The molecule has 0 heterocycles. The number of allylic oxidation sites excluding steroid dienone is 6. The van der Waals surface area contributed by atoms with Crippen LogP contribution in [0.2, 0.25) is 0 Å². The van der Waals surface area contributed by atoms with Gasteiger partial charge in [0.2, 0.25) is 0 Å². The molecule has 1 aliphatic rings. The summed E-state index contributed by atoms with van der Waals surface area (Å²) >= 11 is 0. The van der Waals surface area contributed by atoms with Crippen LogP contribution in [0.3, 0.4) is 0 Å². The molecule has 1 atom stereocenters. The minimum Gasteiger partial charge on any atom is -0.500 e. The predicted octanol–water partition coefficient (Wildman–Crippen LogP) is 7.38. The van der Waals surface area contributed by atoms with E-state index in [4.69, 9.17) is 9.47 Å². The molecule has 0 fully saturated rings. The molecule has 2 aromatic carbocycles. The van der Waals surface area contributed by atoms with Crippen molar-refractivity contribution in [3.63, 3.8) is 0 Å². The van der Waals surface area contributed by atoms with Gasteiger partial charge in [0, 0.05) is 17.1 Å². The first kappa shape index (κ1) is 21.7. The van der Waals surface area contributed by atoms with E-state index in [9.17, 15) is 0 Å². The molecule has 2 aromatic rings. The van der Waals surface area contributed by atoms with Gasteiger partial charge in [-0.3, -0.25) is 0 Å². The molecule has 0 aromatic heterocycles. The summed E-state index contributed by atoms with van der Waals surface area (Å²) in [5.74, 6) is 2.24. The first-order valence-electron chi connectivity index (χ1n) is 10.5. The highest BCUT2D eigenvalue weighted by molar-refractivity contribution is 5.82. The summed E-state index contributed by atoms with van der Waals surface area (Å²) in [5.41, 5.74) is 8.15. The molecule has 0 bridgehead atoms. The minimum absolute atomic E-state index is 0.318. The molecule has 156 valence electrons. The van der Waals surface area contributed by atoms with Crippen LogP contribution in [0.5, 0.6) is 5.75 Å². The third-order valence-corrected chi connectivity index (χ3v) is 5.59. The molecule has 1 aliphatic carbocycles. The molecule has 30 heavy (non-hydrogen) atoms. The highest BCUT2D eigenvalue weighted by atomic mass is 16.5. The maximum Gasteiger partial charge on any atom is 0.129 e. The van der Waals surface area contributed by atoms with Crippen molar-refractivity contribution in [3.05, 3.63) is 93.8 Å². The van der Waals surface area contributed by atoms with E-state index >= 15 is 0 Å². The highest BCUT2D eigenvalue weighted by Gasteiger charge is 2.18. The van der Waals surface area contributed by atoms with Crippen molar-refractivity contribution < 1.29 is 9.47 Å². The second-order valence-electron chi connectivity index (χ2n) is 8.06. The fourth-order valence-corrected chi connectivity index (χ4v) is 3.87. The maximum absolute atomic E-state index is 5.87. The molecule has 0 aliphatic heterocycles. The zero-order valence-electron chi connectivity index (χ0n) is 19.0. The highest BCUT2D eigenvalue weighted by Crippen LogP contribution is 2.35. The van der Waals surface area contributed by atoms with E-state index < -0.39 is 0 Å². The largest absolute Gasteiger partial charge is 0.500 e. The third kappa shape index (κ3) is 4.94. The van der Waals surface area contributed by atoms with Gasteiger partial charge in [-0.15, -0.1) is 0 Å². The van der Waals surface area contributed by atoms with Gasteiger partial charge in [-0.25, -0.2) is 0 Å². The van der Waals surface area contributed by atoms with Crippen LogP contribution in [-0.2, 0) is 4.74 Å². The van der Waals surface area contributed by atoms with Crippen LogP contribution in [0.4, 0.5) is 0 Å². The Labute approximate surface area is 181 Å². The number of aryl methyl sites for hydroxylation is 2. The average molecular weight is 401 g/mol. The number of hydrogen-bond acceptors (Lipinski definition) is 2. The van der Waals surface area contributed by atoms with E-state index in [-0.39, 0.29) is 0 Å². The van der Waals surface area contributed by atoms with Gasteiger partial charge < -0.3 is 9.47 Å². The fraction of sp³-hybridized carbons (Fsp3) is 0.286. The van der Waals surface area contributed by atoms with Gasteiger partial charge in [0.1, 0.15) is 11.5 Å². The van der Waals surface area contributed by atoms with Crippen molar-refractivity contribution >= 4 is 17.7 Å². The van der Waals surface area contributed by atoms with Crippen molar-refractivity contribution in [2.24, 2.45) is 5.92 Å². The summed E-state index contributed by atoms with van der Waals surface area (Å²) in [6, 6.07) is 12.9. The third-order valence-electron chi connectivity index (χ3n) is 5.59. The molecule has 0 saturated heterocycles. The van der Waals surface area contributed by atoms with Gasteiger partial charge in [-0.2, -0.15) is 0 Å². The van der Waals surface area contributed by atoms with E-state index in [1.807, 2.05) is 0 Å². The molecule has 2 nitrogen and oxygen atoms in total. The summed E-state index contributed by atoms with van der Waals surface area (Å²) in [6.07, 6.45) is 11.9. The van der Waals surface area contributed by atoms with Crippen LogP contribution < -0.4 is 4.74 Å². The Bertz CT molecular complexity index is 1020. The van der Waals surface area contributed by atoms with Gasteiger partial charge in [0.15, 0.2) is 0 Å². The first-order valence-corrected chi connectivity index (χ1v) is 10.5.